The van der Waals surface area contributed by atoms with Crippen LogP contribution >= 0.6 is 23.2 Å². The number of benzene rings is 2. The Kier molecular flexibility index (Phi) is 7.74. The predicted molar refractivity (Wildman–Crippen MR) is 136 cm³/mol. The van der Waals surface area contributed by atoms with Gasteiger partial charge in [-0.3, -0.25) is 4.79 Å². The molecule has 0 radical (unpaired) electrons. The van der Waals surface area contributed by atoms with Gasteiger partial charge in [0, 0.05) is 18.5 Å². The number of ether oxygens (including phenoxy) is 1. The number of likely N-dealkylation sites (N-methyl/N-ethyl adjacent to an activating group) is 1. The average molecular weight is 504 g/mol. The lowest BCUT2D eigenvalue weighted by Gasteiger charge is -2.19. The number of urea groups is 1. The maximum absolute atomic E-state index is 12.8. The third-order valence-corrected chi connectivity index (χ3v) is 5.61. The molecule has 3 amide bonds. The maximum atomic E-state index is 12.8. The summed E-state index contributed by atoms with van der Waals surface area (Å²) in [6.07, 6.45) is 0. The van der Waals surface area contributed by atoms with E-state index in [0.717, 1.165) is 11.4 Å². The van der Waals surface area contributed by atoms with Crippen molar-refractivity contribution in [2.45, 2.75) is 26.2 Å². The first-order valence-electron chi connectivity index (χ1n) is 10.5. The molecule has 0 spiro atoms. The molecule has 0 unspecified atom stereocenters. The molecule has 2 N–H and O–H groups in total. The van der Waals surface area contributed by atoms with Crippen LogP contribution in [0.25, 0.3) is 5.69 Å². The third kappa shape index (κ3) is 6.01. The highest BCUT2D eigenvalue weighted by molar-refractivity contribution is 6.39. The lowest BCUT2D eigenvalue weighted by molar-refractivity contribution is -0.116. The largest absolute Gasteiger partial charge is 0.497 e. The molecule has 34 heavy (non-hydrogen) atoms. The molecule has 2 aromatic carbocycles. The summed E-state index contributed by atoms with van der Waals surface area (Å²) in [6.45, 7) is 5.91. The number of nitrogens with one attached hydrogen (secondary N) is 2. The molecule has 0 saturated carbocycles. The zero-order valence-electron chi connectivity index (χ0n) is 19.6. The van der Waals surface area contributed by atoms with Crippen molar-refractivity contribution in [2.75, 3.05) is 31.3 Å². The number of hydrogen-bond acceptors (Lipinski definition) is 4. The van der Waals surface area contributed by atoms with Crippen LogP contribution in [-0.2, 0) is 10.2 Å². The van der Waals surface area contributed by atoms with Crippen molar-refractivity contribution in [2.24, 2.45) is 0 Å². The number of para-hydroxylation sites is 1. The molecule has 0 aliphatic carbocycles. The Hall–Kier alpha value is -3.23. The zero-order valence-corrected chi connectivity index (χ0v) is 21.2. The Morgan fingerprint density at radius 1 is 1.06 bits per heavy atom. The van der Waals surface area contributed by atoms with Crippen molar-refractivity contribution in [3.63, 3.8) is 0 Å². The monoisotopic (exact) mass is 503 g/mol. The van der Waals surface area contributed by atoms with Crippen LogP contribution in [0.1, 0.15) is 26.5 Å². The van der Waals surface area contributed by atoms with Gasteiger partial charge in [-0.1, -0.05) is 50.0 Å². The average Bonchev–Trinajstić information content (AvgIpc) is 3.20. The molecule has 180 valence electrons. The molecular weight excluding hydrogens is 477 g/mol. The molecule has 0 fully saturated rings. The van der Waals surface area contributed by atoms with Crippen LogP contribution in [-0.4, -0.2) is 47.3 Å². The second kappa shape index (κ2) is 10.4. The summed E-state index contributed by atoms with van der Waals surface area (Å²) in [4.78, 5) is 26.6. The zero-order chi connectivity index (χ0) is 25.0. The summed E-state index contributed by atoms with van der Waals surface area (Å²) in [7, 11) is 3.10. The molecule has 3 aromatic rings. The highest BCUT2D eigenvalue weighted by atomic mass is 35.5. The summed E-state index contributed by atoms with van der Waals surface area (Å²) in [5.74, 6) is 0.810. The topological polar surface area (TPSA) is 88.5 Å². The fourth-order valence-electron chi connectivity index (χ4n) is 3.05. The van der Waals surface area contributed by atoms with Gasteiger partial charge in [0.1, 0.15) is 18.1 Å². The van der Waals surface area contributed by atoms with E-state index in [9.17, 15) is 9.59 Å². The van der Waals surface area contributed by atoms with E-state index in [0.29, 0.717) is 21.6 Å². The third-order valence-electron chi connectivity index (χ3n) is 4.98. The first-order chi connectivity index (χ1) is 16.0. The van der Waals surface area contributed by atoms with E-state index in [1.54, 1.807) is 30.0 Å². The number of nitrogens with zero attached hydrogens (tertiary/aromatic N) is 3. The fraction of sp³-hybridized carbons (Fsp3) is 0.292. The highest BCUT2D eigenvalue weighted by Crippen LogP contribution is 2.30. The minimum absolute atomic E-state index is 0.202. The molecule has 1 aromatic heterocycles. The number of methoxy groups -OCH3 is 1. The van der Waals surface area contributed by atoms with Gasteiger partial charge < -0.3 is 20.3 Å². The number of anilines is 2. The van der Waals surface area contributed by atoms with E-state index in [-0.39, 0.29) is 17.6 Å². The Morgan fingerprint density at radius 2 is 1.68 bits per heavy atom. The Labute approximate surface area is 208 Å². The Bertz CT molecular complexity index is 1170. The first-order valence-corrected chi connectivity index (χ1v) is 11.3. The van der Waals surface area contributed by atoms with Crippen LogP contribution in [0.3, 0.4) is 0 Å². The van der Waals surface area contributed by atoms with E-state index in [4.69, 9.17) is 27.9 Å². The van der Waals surface area contributed by atoms with E-state index in [2.05, 4.69) is 15.7 Å². The van der Waals surface area contributed by atoms with Crippen LogP contribution in [0, 0.1) is 0 Å². The molecule has 0 saturated heterocycles. The standard InChI is InChI=1S/C24H27Cl2N5O3/c1-24(2,3)19-13-20(31(29-19)15-9-11-16(34-5)12-10-15)27-21(32)14-30(4)23(33)28-22-17(25)7-6-8-18(22)26/h6-13H,14H2,1-5H3,(H,27,32)(H,28,33). The second-order valence-corrected chi connectivity index (χ2v) is 9.52. The highest BCUT2D eigenvalue weighted by Gasteiger charge is 2.22. The van der Waals surface area contributed by atoms with Gasteiger partial charge in [0.25, 0.3) is 0 Å². The van der Waals surface area contributed by atoms with Crippen molar-refractivity contribution >= 4 is 46.6 Å². The molecule has 1 heterocycles. The van der Waals surface area contributed by atoms with Crippen LogP contribution in [0.4, 0.5) is 16.3 Å². The van der Waals surface area contributed by atoms with Gasteiger partial charge in [-0.05, 0) is 36.4 Å². The number of hydrogen-bond donors (Lipinski definition) is 2. The van der Waals surface area contributed by atoms with Crippen molar-refractivity contribution in [1.29, 1.82) is 0 Å². The number of carbonyl (C=O) groups excluding carboxylic acids is 2. The quantitative estimate of drug-likeness (QED) is 0.458. The van der Waals surface area contributed by atoms with Crippen LogP contribution in [0.15, 0.2) is 48.5 Å². The molecule has 10 heteroatoms. The van der Waals surface area contributed by atoms with Crippen LogP contribution in [0.2, 0.25) is 10.0 Å². The SMILES string of the molecule is COc1ccc(-n2nc(C(C)(C)C)cc2NC(=O)CN(C)C(=O)Nc2c(Cl)cccc2Cl)cc1. The number of rotatable bonds is 6. The summed E-state index contributed by atoms with van der Waals surface area (Å²) in [6, 6.07) is 13.5. The molecule has 3 rings (SSSR count). The lowest BCUT2D eigenvalue weighted by atomic mass is 9.92. The first kappa shape index (κ1) is 25.4. The van der Waals surface area contributed by atoms with Gasteiger partial charge in [-0.25, -0.2) is 9.48 Å². The number of aromatic nitrogens is 2. The summed E-state index contributed by atoms with van der Waals surface area (Å²) >= 11 is 12.2. The summed E-state index contributed by atoms with van der Waals surface area (Å²) in [5, 5.41) is 10.8. The van der Waals surface area contributed by atoms with Crippen molar-refractivity contribution in [3.05, 3.63) is 64.3 Å². The second-order valence-electron chi connectivity index (χ2n) is 8.71. The van der Waals surface area contributed by atoms with Gasteiger partial charge >= 0.3 is 6.03 Å². The van der Waals surface area contributed by atoms with Crippen molar-refractivity contribution in [3.8, 4) is 11.4 Å². The normalized spacial score (nSPS) is 11.1. The van der Waals surface area contributed by atoms with E-state index in [1.807, 2.05) is 51.1 Å². The molecule has 0 bridgehead atoms. The molecule has 0 atom stereocenters. The molecule has 0 aliphatic heterocycles. The van der Waals surface area contributed by atoms with Gasteiger partial charge in [0.15, 0.2) is 0 Å². The van der Waals surface area contributed by atoms with Gasteiger partial charge in [0.2, 0.25) is 5.91 Å². The maximum Gasteiger partial charge on any atom is 0.322 e. The van der Waals surface area contributed by atoms with E-state index < -0.39 is 11.9 Å². The minimum atomic E-state index is -0.524. The Balaban J connectivity index is 1.76. The van der Waals surface area contributed by atoms with Crippen molar-refractivity contribution < 1.29 is 14.3 Å². The van der Waals surface area contributed by atoms with Gasteiger partial charge in [0.05, 0.1) is 34.2 Å². The fourth-order valence-corrected chi connectivity index (χ4v) is 3.54. The van der Waals surface area contributed by atoms with Crippen LogP contribution in [0.5, 0.6) is 5.75 Å². The number of halogens is 2. The van der Waals surface area contributed by atoms with Gasteiger partial charge in [-0.15, -0.1) is 0 Å². The van der Waals surface area contributed by atoms with E-state index >= 15 is 0 Å². The summed E-state index contributed by atoms with van der Waals surface area (Å²) < 4.78 is 6.88. The van der Waals surface area contributed by atoms with Crippen LogP contribution < -0.4 is 15.4 Å². The number of carbonyl (C=O) groups is 2. The van der Waals surface area contributed by atoms with Gasteiger partial charge in [-0.2, -0.15) is 5.10 Å². The molecule has 0 aliphatic rings. The number of amides is 3. The lowest BCUT2D eigenvalue weighted by Crippen LogP contribution is -2.38. The predicted octanol–water partition coefficient (Wildman–Crippen LogP) is 5.59. The smallest absolute Gasteiger partial charge is 0.322 e. The Morgan fingerprint density at radius 3 is 2.24 bits per heavy atom. The minimum Gasteiger partial charge on any atom is -0.497 e. The molecule has 8 nitrogen and oxygen atoms in total. The molecular formula is C24H27Cl2N5O3. The van der Waals surface area contributed by atoms with E-state index in [1.165, 1.54) is 11.9 Å². The summed E-state index contributed by atoms with van der Waals surface area (Å²) in [5.41, 5.74) is 1.61. The van der Waals surface area contributed by atoms with Crippen molar-refractivity contribution in [1.82, 2.24) is 14.7 Å².